The second kappa shape index (κ2) is 2.22. The third-order valence-corrected chi connectivity index (χ3v) is 4.05. The van der Waals surface area contributed by atoms with Gasteiger partial charge in [-0.2, -0.15) is 0 Å². The van der Waals surface area contributed by atoms with Crippen LogP contribution in [0.25, 0.3) is 0 Å². The van der Waals surface area contributed by atoms with Gasteiger partial charge in [-0.15, -0.1) is 0 Å². The van der Waals surface area contributed by atoms with Gasteiger partial charge in [-0.05, 0) is 43.1 Å². The van der Waals surface area contributed by atoms with Gasteiger partial charge in [0, 0.05) is 6.54 Å². The number of rotatable bonds is 1. The first-order chi connectivity index (χ1) is 5.16. The van der Waals surface area contributed by atoms with Crippen molar-refractivity contribution < 1.29 is 0 Å². The Balaban J connectivity index is 2.07. The molecule has 1 N–H and O–H groups in total. The van der Waals surface area contributed by atoms with E-state index in [-0.39, 0.29) is 0 Å². The van der Waals surface area contributed by atoms with Crippen molar-refractivity contribution in [2.75, 3.05) is 13.1 Å². The Morgan fingerprint density at radius 3 is 2.18 bits per heavy atom. The van der Waals surface area contributed by atoms with E-state index in [1.807, 2.05) is 0 Å². The Labute approximate surface area is 69.6 Å². The Hall–Kier alpha value is -0.0400. The van der Waals surface area contributed by atoms with E-state index in [9.17, 15) is 0 Å². The maximum Gasteiger partial charge on any atom is 0.00104 e. The molecule has 1 aliphatic heterocycles. The van der Waals surface area contributed by atoms with Gasteiger partial charge in [0.1, 0.15) is 0 Å². The van der Waals surface area contributed by atoms with Gasteiger partial charge >= 0.3 is 0 Å². The zero-order chi connectivity index (χ0) is 7.95. The first-order valence-corrected chi connectivity index (χ1v) is 4.87. The van der Waals surface area contributed by atoms with Gasteiger partial charge in [0.2, 0.25) is 0 Å². The van der Waals surface area contributed by atoms with Gasteiger partial charge in [0.05, 0.1) is 0 Å². The summed E-state index contributed by atoms with van der Waals surface area (Å²) in [5.41, 5.74) is 1.31. The summed E-state index contributed by atoms with van der Waals surface area (Å²) in [5, 5.41) is 3.52. The van der Waals surface area contributed by atoms with Crippen LogP contribution in [0.5, 0.6) is 0 Å². The van der Waals surface area contributed by atoms with Gasteiger partial charge in [-0.25, -0.2) is 0 Å². The van der Waals surface area contributed by atoms with Crippen LogP contribution < -0.4 is 5.32 Å². The summed E-state index contributed by atoms with van der Waals surface area (Å²) in [7, 11) is 0. The standard InChI is InChI=1S/C10H19N/c1-9(5-6-9)10(2)4-3-7-11-8-10/h11H,3-8H2,1-2H3. The minimum atomic E-state index is 0.616. The molecule has 1 heteroatoms. The van der Waals surface area contributed by atoms with Crippen molar-refractivity contribution in [2.24, 2.45) is 10.8 Å². The molecule has 1 heterocycles. The molecule has 2 fully saturated rings. The molecule has 1 nitrogen and oxygen atoms in total. The summed E-state index contributed by atoms with van der Waals surface area (Å²) in [6.07, 6.45) is 5.75. The Morgan fingerprint density at radius 2 is 1.73 bits per heavy atom. The second-order valence-corrected chi connectivity index (χ2v) is 4.90. The molecule has 64 valence electrons. The summed E-state index contributed by atoms with van der Waals surface area (Å²) >= 11 is 0. The minimum absolute atomic E-state index is 0.616. The zero-order valence-corrected chi connectivity index (χ0v) is 7.74. The van der Waals surface area contributed by atoms with Gasteiger partial charge in [-0.3, -0.25) is 0 Å². The van der Waals surface area contributed by atoms with Crippen LogP contribution in [0.3, 0.4) is 0 Å². The van der Waals surface area contributed by atoms with Crippen LogP contribution in [-0.4, -0.2) is 13.1 Å². The number of nitrogens with one attached hydrogen (secondary N) is 1. The maximum atomic E-state index is 3.52. The molecule has 1 aliphatic carbocycles. The van der Waals surface area contributed by atoms with Crippen molar-refractivity contribution in [3.8, 4) is 0 Å². The molecule has 0 aromatic rings. The van der Waals surface area contributed by atoms with Crippen LogP contribution >= 0.6 is 0 Å². The third kappa shape index (κ3) is 1.10. The molecule has 1 atom stereocenters. The molecular weight excluding hydrogens is 134 g/mol. The number of hydrogen-bond donors (Lipinski definition) is 1. The maximum absolute atomic E-state index is 3.52. The number of piperidine rings is 1. The summed E-state index contributed by atoms with van der Waals surface area (Å²) in [4.78, 5) is 0. The lowest BCUT2D eigenvalue weighted by Gasteiger charge is -2.40. The predicted octanol–water partition coefficient (Wildman–Crippen LogP) is 2.18. The van der Waals surface area contributed by atoms with Crippen molar-refractivity contribution in [3.05, 3.63) is 0 Å². The van der Waals surface area contributed by atoms with E-state index < -0.39 is 0 Å². The van der Waals surface area contributed by atoms with E-state index >= 15 is 0 Å². The molecule has 1 unspecified atom stereocenters. The lowest BCUT2D eigenvalue weighted by molar-refractivity contribution is 0.129. The van der Waals surface area contributed by atoms with Gasteiger partial charge in [0.15, 0.2) is 0 Å². The summed E-state index contributed by atoms with van der Waals surface area (Å²) in [6, 6.07) is 0. The monoisotopic (exact) mass is 153 g/mol. The van der Waals surface area contributed by atoms with E-state index in [2.05, 4.69) is 19.2 Å². The predicted molar refractivity (Wildman–Crippen MR) is 47.6 cm³/mol. The highest BCUT2D eigenvalue weighted by atomic mass is 14.9. The zero-order valence-electron chi connectivity index (χ0n) is 7.74. The van der Waals surface area contributed by atoms with Crippen LogP contribution in [-0.2, 0) is 0 Å². The smallest absolute Gasteiger partial charge is 0.00104 e. The molecule has 0 aromatic carbocycles. The van der Waals surface area contributed by atoms with Crippen LogP contribution in [0.2, 0.25) is 0 Å². The topological polar surface area (TPSA) is 12.0 Å². The fraction of sp³-hybridized carbons (Fsp3) is 1.00. The second-order valence-electron chi connectivity index (χ2n) is 4.90. The van der Waals surface area contributed by atoms with E-state index in [0.717, 1.165) is 0 Å². The molecule has 0 aromatic heterocycles. The van der Waals surface area contributed by atoms with E-state index in [1.165, 1.54) is 38.8 Å². The first-order valence-electron chi connectivity index (χ1n) is 4.87. The Morgan fingerprint density at radius 1 is 1.00 bits per heavy atom. The molecule has 0 spiro atoms. The van der Waals surface area contributed by atoms with Gasteiger partial charge < -0.3 is 5.32 Å². The Bertz CT molecular complexity index is 152. The largest absolute Gasteiger partial charge is 0.316 e. The van der Waals surface area contributed by atoms with Crippen LogP contribution in [0.15, 0.2) is 0 Å². The highest BCUT2D eigenvalue weighted by molar-refractivity contribution is 5.04. The van der Waals surface area contributed by atoms with Crippen molar-refractivity contribution in [3.63, 3.8) is 0 Å². The average Bonchev–Trinajstić information content (AvgIpc) is 2.71. The highest BCUT2D eigenvalue weighted by Crippen LogP contribution is 2.60. The lowest BCUT2D eigenvalue weighted by atomic mass is 9.70. The molecule has 0 radical (unpaired) electrons. The summed E-state index contributed by atoms with van der Waals surface area (Å²) in [6.45, 7) is 7.42. The van der Waals surface area contributed by atoms with Crippen molar-refractivity contribution in [2.45, 2.75) is 39.5 Å². The molecule has 0 bridgehead atoms. The van der Waals surface area contributed by atoms with E-state index in [0.29, 0.717) is 10.8 Å². The van der Waals surface area contributed by atoms with Crippen LogP contribution in [0, 0.1) is 10.8 Å². The molecular formula is C10H19N. The minimum Gasteiger partial charge on any atom is -0.316 e. The van der Waals surface area contributed by atoms with E-state index in [1.54, 1.807) is 0 Å². The van der Waals surface area contributed by atoms with Crippen molar-refractivity contribution in [1.82, 2.24) is 5.32 Å². The Kier molecular flexibility index (Phi) is 1.54. The van der Waals surface area contributed by atoms with Crippen molar-refractivity contribution >= 4 is 0 Å². The third-order valence-electron chi connectivity index (χ3n) is 4.05. The molecule has 2 aliphatic rings. The number of hydrogen-bond acceptors (Lipinski definition) is 1. The van der Waals surface area contributed by atoms with Crippen molar-refractivity contribution in [1.29, 1.82) is 0 Å². The average molecular weight is 153 g/mol. The first kappa shape index (κ1) is 7.60. The lowest BCUT2D eigenvalue weighted by Crippen LogP contribution is -2.42. The van der Waals surface area contributed by atoms with Crippen LogP contribution in [0.1, 0.15) is 39.5 Å². The fourth-order valence-electron chi connectivity index (χ4n) is 2.36. The SMILES string of the molecule is CC1(C2(C)CCCNC2)CC1. The fourth-order valence-corrected chi connectivity index (χ4v) is 2.36. The molecule has 11 heavy (non-hydrogen) atoms. The quantitative estimate of drug-likeness (QED) is 0.609. The summed E-state index contributed by atoms with van der Waals surface area (Å²) < 4.78 is 0. The van der Waals surface area contributed by atoms with E-state index in [4.69, 9.17) is 0 Å². The van der Waals surface area contributed by atoms with Gasteiger partial charge in [0.25, 0.3) is 0 Å². The summed E-state index contributed by atoms with van der Waals surface area (Å²) in [5.74, 6) is 0. The normalized spacial score (nSPS) is 42.0. The van der Waals surface area contributed by atoms with Crippen LogP contribution in [0.4, 0.5) is 0 Å². The molecule has 2 rings (SSSR count). The highest BCUT2D eigenvalue weighted by Gasteiger charge is 2.52. The molecule has 0 amide bonds. The van der Waals surface area contributed by atoms with Gasteiger partial charge in [-0.1, -0.05) is 13.8 Å². The molecule has 1 saturated heterocycles. The molecule has 1 saturated carbocycles.